The molecule has 0 aromatic heterocycles. The maximum atomic E-state index is 4.87. The van der Waals surface area contributed by atoms with Crippen LogP contribution in [0, 0.1) is 0 Å². The summed E-state index contributed by atoms with van der Waals surface area (Å²) in [5, 5.41) is 3.28. The molecule has 0 saturated carbocycles. The van der Waals surface area contributed by atoms with Crippen LogP contribution in [-0.4, -0.2) is 10.1 Å². The van der Waals surface area contributed by atoms with E-state index in [1.807, 2.05) is 6.08 Å². The van der Waals surface area contributed by atoms with Gasteiger partial charge in [0.15, 0.2) is 0 Å². The summed E-state index contributed by atoms with van der Waals surface area (Å²) in [6, 6.07) is 0. The van der Waals surface area contributed by atoms with Crippen molar-refractivity contribution in [2.24, 2.45) is 10.9 Å². The molecule has 1 unspecified atom stereocenters. The van der Waals surface area contributed by atoms with Gasteiger partial charge in [-0.05, 0) is 18.6 Å². The third-order valence-electron chi connectivity index (χ3n) is 1.04. The zero-order chi connectivity index (χ0) is 8.69. The van der Waals surface area contributed by atoms with E-state index in [1.165, 1.54) is 6.21 Å². The molecule has 0 spiro atoms. The van der Waals surface area contributed by atoms with Gasteiger partial charge in [-0.3, -0.25) is 0 Å². The first kappa shape index (κ1) is 10.5. The van der Waals surface area contributed by atoms with E-state index in [9.17, 15) is 0 Å². The minimum absolute atomic E-state index is 0.434. The molecule has 0 rings (SSSR count). The second-order valence-corrected chi connectivity index (χ2v) is 3.84. The topological polar surface area (TPSA) is 38.4 Å². The molecule has 0 amide bonds. The van der Waals surface area contributed by atoms with Crippen LogP contribution in [-0.2, 0) is 0 Å². The normalized spacial score (nSPS) is 12.2. The number of halogens is 1. The first-order valence-corrected chi connectivity index (χ1v) is 4.40. The molecule has 11 heavy (non-hydrogen) atoms. The van der Waals surface area contributed by atoms with Gasteiger partial charge in [0.1, 0.15) is 0 Å². The number of nitrogens with zero attached hydrogens (tertiary/aromatic N) is 1. The van der Waals surface area contributed by atoms with E-state index in [0.717, 1.165) is 5.57 Å². The standard InChI is InChI=1S/C8H11IN2/c1-7(8(2)9)5-3-4-6-11-10/h4-6,8H,1,10H2,2H3/b11-6-. The number of nitrogens with two attached hydrogens (primary N) is 1. The van der Waals surface area contributed by atoms with Crippen molar-refractivity contribution in [3.63, 3.8) is 0 Å². The number of hydrazone groups is 1. The molecule has 0 aliphatic heterocycles. The monoisotopic (exact) mass is 262 g/mol. The van der Waals surface area contributed by atoms with Crippen LogP contribution in [0.2, 0.25) is 0 Å². The van der Waals surface area contributed by atoms with E-state index >= 15 is 0 Å². The Balaban J connectivity index is 4.02. The minimum Gasteiger partial charge on any atom is -0.323 e. The van der Waals surface area contributed by atoms with Crippen LogP contribution < -0.4 is 5.84 Å². The summed E-state index contributed by atoms with van der Waals surface area (Å²) in [4.78, 5) is 0. The Kier molecular flexibility index (Phi) is 5.88. The Morgan fingerprint density at radius 2 is 2.45 bits per heavy atom. The highest BCUT2D eigenvalue weighted by molar-refractivity contribution is 14.1. The van der Waals surface area contributed by atoms with E-state index in [1.54, 1.807) is 6.08 Å². The number of rotatable bonds is 3. The summed E-state index contributed by atoms with van der Waals surface area (Å²) in [6.07, 6.45) is 4.94. The second kappa shape index (κ2) is 6.19. The Hall–Kier alpha value is -0.540. The summed E-state index contributed by atoms with van der Waals surface area (Å²) in [5.74, 6) is 4.87. The molecule has 0 heterocycles. The fourth-order valence-electron chi connectivity index (χ4n) is 0.356. The highest BCUT2D eigenvalue weighted by atomic mass is 127. The van der Waals surface area contributed by atoms with E-state index in [0.29, 0.717) is 3.92 Å². The highest BCUT2D eigenvalue weighted by Crippen LogP contribution is 2.09. The lowest BCUT2D eigenvalue weighted by Crippen LogP contribution is -1.88. The Morgan fingerprint density at radius 1 is 1.82 bits per heavy atom. The minimum atomic E-state index is 0.434. The van der Waals surface area contributed by atoms with Crippen molar-refractivity contribution in [3.8, 4) is 0 Å². The Bertz CT molecular complexity index is 210. The van der Waals surface area contributed by atoms with Crippen molar-refractivity contribution in [2.75, 3.05) is 0 Å². The number of hydrogen-bond donors (Lipinski definition) is 1. The van der Waals surface area contributed by atoms with Gasteiger partial charge in [0.2, 0.25) is 0 Å². The first-order chi connectivity index (χ1) is 5.18. The van der Waals surface area contributed by atoms with E-state index in [2.05, 4.69) is 46.9 Å². The zero-order valence-electron chi connectivity index (χ0n) is 6.42. The molecule has 0 radical (unpaired) electrons. The largest absolute Gasteiger partial charge is 0.323 e. The molecule has 3 heteroatoms. The third kappa shape index (κ3) is 5.88. The van der Waals surface area contributed by atoms with Gasteiger partial charge in [0, 0.05) is 10.0 Å². The summed E-state index contributed by atoms with van der Waals surface area (Å²) in [7, 11) is 0. The molecule has 0 aromatic carbocycles. The van der Waals surface area contributed by atoms with Crippen LogP contribution in [0.15, 0.2) is 35.1 Å². The summed E-state index contributed by atoms with van der Waals surface area (Å²) in [6.45, 7) is 5.90. The molecular formula is C8H11IN2. The first-order valence-electron chi connectivity index (χ1n) is 3.15. The predicted octanol–water partition coefficient (Wildman–Crippen LogP) is 2.02. The third-order valence-corrected chi connectivity index (χ3v) is 1.84. The lowest BCUT2D eigenvalue weighted by atomic mass is 10.2. The fourth-order valence-corrected chi connectivity index (χ4v) is 0.536. The van der Waals surface area contributed by atoms with Crippen LogP contribution in [0.3, 0.4) is 0 Å². The predicted molar refractivity (Wildman–Crippen MR) is 58.0 cm³/mol. The molecular weight excluding hydrogens is 251 g/mol. The van der Waals surface area contributed by atoms with Gasteiger partial charge in [-0.25, -0.2) is 0 Å². The second-order valence-electron chi connectivity index (χ2n) is 1.97. The lowest BCUT2D eigenvalue weighted by Gasteiger charge is -1.97. The van der Waals surface area contributed by atoms with Gasteiger partial charge in [-0.2, -0.15) is 5.10 Å². The molecule has 0 saturated heterocycles. The molecule has 2 nitrogen and oxygen atoms in total. The summed E-state index contributed by atoms with van der Waals surface area (Å²) < 4.78 is 0.434. The van der Waals surface area contributed by atoms with Gasteiger partial charge in [-0.15, -0.1) is 5.73 Å². The van der Waals surface area contributed by atoms with Crippen molar-refractivity contribution < 1.29 is 0 Å². The molecule has 0 bridgehead atoms. The van der Waals surface area contributed by atoms with Crippen LogP contribution in [0.1, 0.15) is 6.92 Å². The van der Waals surface area contributed by atoms with Crippen molar-refractivity contribution in [1.29, 1.82) is 0 Å². The Morgan fingerprint density at radius 3 is 2.91 bits per heavy atom. The number of alkyl halides is 1. The highest BCUT2D eigenvalue weighted by Gasteiger charge is 1.94. The zero-order valence-corrected chi connectivity index (χ0v) is 8.58. The SMILES string of the molecule is C=C(C=C=C/C=N\N)C(C)I. The van der Waals surface area contributed by atoms with Gasteiger partial charge in [0.25, 0.3) is 0 Å². The number of allylic oxidation sites excluding steroid dienone is 2. The van der Waals surface area contributed by atoms with E-state index < -0.39 is 0 Å². The maximum absolute atomic E-state index is 4.87. The molecule has 2 N–H and O–H groups in total. The van der Waals surface area contributed by atoms with E-state index in [4.69, 9.17) is 5.84 Å². The van der Waals surface area contributed by atoms with Crippen LogP contribution >= 0.6 is 22.6 Å². The molecule has 0 aliphatic rings. The van der Waals surface area contributed by atoms with Crippen molar-refractivity contribution in [1.82, 2.24) is 0 Å². The fraction of sp³-hybridized carbons (Fsp3) is 0.250. The van der Waals surface area contributed by atoms with Crippen molar-refractivity contribution in [3.05, 3.63) is 30.0 Å². The summed E-state index contributed by atoms with van der Waals surface area (Å²) in [5.41, 5.74) is 3.92. The molecule has 60 valence electrons. The number of hydrogen-bond acceptors (Lipinski definition) is 2. The van der Waals surface area contributed by atoms with Crippen LogP contribution in [0.5, 0.6) is 0 Å². The van der Waals surface area contributed by atoms with Gasteiger partial charge >= 0.3 is 0 Å². The van der Waals surface area contributed by atoms with Gasteiger partial charge in [0.05, 0.1) is 6.21 Å². The summed E-state index contributed by atoms with van der Waals surface area (Å²) >= 11 is 2.29. The molecule has 0 aliphatic carbocycles. The molecule has 0 aromatic rings. The average Bonchev–Trinajstić information content (AvgIpc) is 1.97. The Labute approximate surface area is 80.7 Å². The average molecular weight is 262 g/mol. The van der Waals surface area contributed by atoms with Crippen LogP contribution in [0.4, 0.5) is 0 Å². The lowest BCUT2D eigenvalue weighted by molar-refractivity contribution is 1.23. The molecule has 0 fully saturated rings. The van der Waals surface area contributed by atoms with Crippen molar-refractivity contribution in [2.45, 2.75) is 10.8 Å². The quantitative estimate of drug-likeness (QED) is 0.158. The van der Waals surface area contributed by atoms with Gasteiger partial charge < -0.3 is 5.84 Å². The smallest absolute Gasteiger partial charge is 0.0542 e. The van der Waals surface area contributed by atoms with Crippen molar-refractivity contribution >= 4 is 28.8 Å². The van der Waals surface area contributed by atoms with E-state index in [-0.39, 0.29) is 0 Å². The maximum Gasteiger partial charge on any atom is 0.0542 e. The molecule has 1 atom stereocenters. The van der Waals surface area contributed by atoms with Crippen LogP contribution in [0.25, 0.3) is 0 Å². The van der Waals surface area contributed by atoms with Gasteiger partial charge in [-0.1, -0.05) is 29.2 Å².